The normalized spacial score (nSPS) is 16.6. The lowest BCUT2D eigenvalue weighted by molar-refractivity contribution is 0.0921. The van der Waals surface area contributed by atoms with Gasteiger partial charge in [0.15, 0.2) is 5.78 Å². The Labute approximate surface area is 112 Å². The maximum Gasteiger partial charge on any atom is 0.178 e. The molecule has 1 aromatic rings. The number of ketones is 1. The molecule has 0 unspecified atom stereocenters. The Morgan fingerprint density at radius 1 is 1.44 bits per heavy atom. The Balaban J connectivity index is 2.03. The summed E-state index contributed by atoms with van der Waals surface area (Å²) in [6.45, 7) is 4.10. The Morgan fingerprint density at radius 2 is 2.17 bits per heavy atom. The minimum Gasteiger partial charge on any atom is -0.497 e. The summed E-state index contributed by atoms with van der Waals surface area (Å²) in [5, 5.41) is 3.71. The molecular weight excluding hydrogens is 252 g/mol. The Morgan fingerprint density at radius 3 is 2.78 bits per heavy atom. The number of carbonyl (C=O) groups excluding carboxylic acids is 1. The fourth-order valence-electron chi connectivity index (χ4n) is 2.01. The van der Waals surface area contributed by atoms with Gasteiger partial charge in [-0.15, -0.1) is 0 Å². The second-order valence-electron chi connectivity index (χ2n) is 4.30. The summed E-state index contributed by atoms with van der Waals surface area (Å²) in [4.78, 5) is 14.3. The number of nitrogens with zero attached hydrogens (tertiary/aromatic N) is 1. The average Bonchev–Trinajstić information content (AvgIpc) is 2.39. The average molecular weight is 269 g/mol. The van der Waals surface area contributed by atoms with Crippen LogP contribution in [0.1, 0.15) is 10.4 Å². The third kappa shape index (κ3) is 3.22. The molecule has 0 aromatic heterocycles. The molecule has 0 radical (unpaired) electrons. The quantitative estimate of drug-likeness (QED) is 0.839. The van der Waals surface area contributed by atoms with Gasteiger partial charge in [0.25, 0.3) is 0 Å². The first-order chi connectivity index (χ1) is 8.70. The van der Waals surface area contributed by atoms with E-state index >= 15 is 0 Å². The molecule has 1 saturated heterocycles. The van der Waals surface area contributed by atoms with E-state index in [1.807, 2.05) is 0 Å². The van der Waals surface area contributed by atoms with Gasteiger partial charge in [-0.25, -0.2) is 0 Å². The number of carbonyl (C=O) groups is 1. The molecule has 0 saturated carbocycles. The van der Waals surface area contributed by atoms with Gasteiger partial charge in [0, 0.05) is 31.7 Å². The van der Waals surface area contributed by atoms with Crippen molar-refractivity contribution < 1.29 is 9.53 Å². The van der Waals surface area contributed by atoms with Gasteiger partial charge in [0.2, 0.25) is 0 Å². The number of rotatable bonds is 4. The van der Waals surface area contributed by atoms with Crippen LogP contribution in [-0.2, 0) is 0 Å². The minimum absolute atomic E-state index is 0.0598. The van der Waals surface area contributed by atoms with E-state index in [4.69, 9.17) is 16.3 Å². The van der Waals surface area contributed by atoms with E-state index < -0.39 is 0 Å². The van der Waals surface area contributed by atoms with E-state index in [-0.39, 0.29) is 5.78 Å². The fourth-order valence-corrected chi connectivity index (χ4v) is 2.28. The van der Waals surface area contributed by atoms with Gasteiger partial charge < -0.3 is 10.1 Å². The highest BCUT2D eigenvalue weighted by Crippen LogP contribution is 2.22. The van der Waals surface area contributed by atoms with Crippen molar-refractivity contribution in [3.05, 3.63) is 28.8 Å². The predicted molar refractivity (Wildman–Crippen MR) is 71.6 cm³/mol. The van der Waals surface area contributed by atoms with Gasteiger partial charge in [-0.2, -0.15) is 0 Å². The van der Waals surface area contributed by atoms with E-state index in [1.54, 1.807) is 25.3 Å². The molecule has 0 bridgehead atoms. The van der Waals surface area contributed by atoms with Gasteiger partial charge in [-0.1, -0.05) is 11.6 Å². The molecule has 1 heterocycles. The summed E-state index contributed by atoms with van der Waals surface area (Å²) < 4.78 is 5.07. The van der Waals surface area contributed by atoms with Crippen molar-refractivity contribution in [2.75, 3.05) is 39.8 Å². The molecule has 2 rings (SSSR count). The van der Waals surface area contributed by atoms with Crippen LogP contribution >= 0.6 is 11.6 Å². The summed E-state index contributed by atoms with van der Waals surface area (Å²) in [5.41, 5.74) is 0.566. The second kappa shape index (κ2) is 6.18. The summed E-state index contributed by atoms with van der Waals surface area (Å²) in [6.07, 6.45) is 0. The molecule has 1 aromatic carbocycles. The van der Waals surface area contributed by atoms with Crippen molar-refractivity contribution in [1.82, 2.24) is 10.2 Å². The van der Waals surface area contributed by atoms with Crippen molar-refractivity contribution in [1.29, 1.82) is 0 Å². The van der Waals surface area contributed by atoms with Crippen LogP contribution in [0.25, 0.3) is 0 Å². The largest absolute Gasteiger partial charge is 0.497 e. The molecule has 5 heteroatoms. The summed E-state index contributed by atoms with van der Waals surface area (Å²) >= 11 is 6.09. The van der Waals surface area contributed by atoms with Crippen LogP contribution in [0.5, 0.6) is 5.75 Å². The van der Waals surface area contributed by atoms with Crippen molar-refractivity contribution in [3.63, 3.8) is 0 Å². The predicted octanol–water partition coefficient (Wildman–Crippen LogP) is 1.44. The summed E-state index contributed by atoms with van der Waals surface area (Å²) in [6, 6.07) is 5.16. The molecule has 0 spiro atoms. The molecule has 18 heavy (non-hydrogen) atoms. The lowest BCUT2D eigenvalue weighted by atomic mass is 10.1. The molecule has 1 fully saturated rings. The topological polar surface area (TPSA) is 41.6 Å². The van der Waals surface area contributed by atoms with Gasteiger partial charge in [-0.05, 0) is 18.2 Å². The molecule has 0 amide bonds. The standard InChI is InChI=1S/C13H17ClN2O2/c1-18-10-2-3-11(12(14)8-10)13(17)9-16-6-4-15-5-7-16/h2-3,8,15H,4-7,9H2,1H3. The zero-order chi connectivity index (χ0) is 13.0. The first-order valence-electron chi connectivity index (χ1n) is 6.00. The van der Waals surface area contributed by atoms with Gasteiger partial charge in [0.05, 0.1) is 18.7 Å². The van der Waals surface area contributed by atoms with Crippen LogP contribution in [0.4, 0.5) is 0 Å². The van der Waals surface area contributed by atoms with Crippen molar-refractivity contribution in [2.24, 2.45) is 0 Å². The zero-order valence-corrected chi connectivity index (χ0v) is 11.2. The first-order valence-corrected chi connectivity index (χ1v) is 6.38. The Kier molecular flexibility index (Phi) is 4.58. The Hall–Kier alpha value is -1.10. The number of hydrogen-bond acceptors (Lipinski definition) is 4. The summed E-state index contributed by atoms with van der Waals surface area (Å²) in [7, 11) is 1.58. The van der Waals surface area contributed by atoms with E-state index in [1.165, 1.54) is 0 Å². The number of methoxy groups -OCH3 is 1. The van der Waals surface area contributed by atoms with E-state index in [9.17, 15) is 4.79 Å². The molecule has 1 aliphatic heterocycles. The van der Waals surface area contributed by atoms with E-state index in [0.29, 0.717) is 22.9 Å². The zero-order valence-electron chi connectivity index (χ0n) is 10.4. The van der Waals surface area contributed by atoms with Gasteiger partial charge >= 0.3 is 0 Å². The molecular formula is C13H17ClN2O2. The number of ether oxygens (including phenoxy) is 1. The van der Waals surface area contributed by atoms with Crippen LogP contribution in [-0.4, -0.2) is 50.5 Å². The van der Waals surface area contributed by atoms with Crippen molar-refractivity contribution in [2.45, 2.75) is 0 Å². The van der Waals surface area contributed by atoms with Crippen LogP contribution in [0.2, 0.25) is 5.02 Å². The fraction of sp³-hybridized carbons (Fsp3) is 0.462. The lowest BCUT2D eigenvalue weighted by Crippen LogP contribution is -2.45. The first kappa shape index (κ1) is 13.3. The third-order valence-electron chi connectivity index (χ3n) is 3.05. The highest BCUT2D eigenvalue weighted by molar-refractivity contribution is 6.34. The molecule has 0 atom stereocenters. The summed E-state index contributed by atoms with van der Waals surface area (Å²) in [5.74, 6) is 0.725. The monoisotopic (exact) mass is 268 g/mol. The number of Topliss-reactive ketones (excluding diaryl/α,β-unsaturated/α-hetero) is 1. The van der Waals surface area contributed by atoms with Gasteiger partial charge in [0.1, 0.15) is 5.75 Å². The SMILES string of the molecule is COc1ccc(C(=O)CN2CCNCC2)c(Cl)c1. The number of hydrogen-bond donors (Lipinski definition) is 1. The maximum absolute atomic E-state index is 12.1. The van der Waals surface area contributed by atoms with Crippen molar-refractivity contribution >= 4 is 17.4 Å². The Bertz CT molecular complexity index is 431. The van der Waals surface area contributed by atoms with Crippen LogP contribution in [0.15, 0.2) is 18.2 Å². The van der Waals surface area contributed by atoms with E-state index in [2.05, 4.69) is 10.2 Å². The van der Waals surface area contributed by atoms with Crippen LogP contribution < -0.4 is 10.1 Å². The second-order valence-corrected chi connectivity index (χ2v) is 4.70. The number of benzene rings is 1. The van der Waals surface area contributed by atoms with Crippen LogP contribution in [0, 0.1) is 0 Å². The molecule has 1 N–H and O–H groups in total. The van der Waals surface area contributed by atoms with Crippen LogP contribution in [0.3, 0.4) is 0 Å². The molecule has 4 nitrogen and oxygen atoms in total. The van der Waals surface area contributed by atoms with E-state index in [0.717, 1.165) is 26.2 Å². The highest BCUT2D eigenvalue weighted by Gasteiger charge is 2.17. The molecule has 1 aliphatic rings. The number of piperazine rings is 1. The minimum atomic E-state index is 0.0598. The molecule has 98 valence electrons. The van der Waals surface area contributed by atoms with Crippen molar-refractivity contribution in [3.8, 4) is 5.75 Å². The van der Waals surface area contributed by atoms with Gasteiger partial charge in [-0.3, -0.25) is 9.69 Å². The highest BCUT2D eigenvalue weighted by atomic mass is 35.5. The number of nitrogens with one attached hydrogen (secondary N) is 1. The lowest BCUT2D eigenvalue weighted by Gasteiger charge is -2.26. The molecule has 0 aliphatic carbocycles. The maximum atomic E-state index is 12.1. The smallest absolute Gasteiger partial charge is 0.178 e. The third-order valence-corrected chi connectivity index (χ3v) is 3.37. The number of halogens is 1.